The molecule has 2 aromatic rings. The van der Waals surface area contributed by atoms with Gasteiger partial charge in [-0.3, -0.25) is 4.79 Å². The maximum atomic E-state index is 12.2. The van der Waals surface area contributed by atoms with Gasteiger partial charge in [0.25, 0.3) is 5.91 Å². The standard InChI is InChI=1S/C17H14F3N3O2/c1-11(13-4-2-12(8-21)3-5-13)23-16(24)14-6-7-15(22-9-14)25-10-17(18,19)20/h2-7,9,11H,10H2,1H3,(H,23,24). The van der Waals surface area contributed by atoms with Gasteiger partial charge in [0.05, 0.1) is 23.2 Å². The second kappa shape index (κ2) is 7.66. The van der Waals surface area contributed by atoms with Gasteiger partial charge in [0.2, 0.25) is 5.88 Å². The highest BCUT2D eigenvalue weighted by molar-refractivity contribution is 5.94. The maximum Gasteiger partial charge on any atom is 0.422 e. The molecule has 1 heterocycles. The third kappa shape index (κ3) is 5.49. The second-order valence-corrected chi connectivity index (χ2v) is 5.22. The molecule has 0 radical (unpaired) electrons. The first kappa shape index (κ1) is 18.3. The molecule has 8 heteroatoms. The number of aromatic nitrogens is 1. The predicted molar refractivity (Wildman–Crippen MR) is 82.8 cm³/mol. The molecular formula is C17H14F3N3O2. The fraction of sp³-hybridized carbons (Fsp3) is 0.235. The molecule has 1 unspecified atom stereocenters. The first-order chi connectivity index (χ1) is 11.8. The zero-order valence-corrected chi connectivity index (χ0v) is 13.2. The molecule has 0 saturated heterocycles. The van der Waals surface area contributed by atoms with Crippen molar-refractivity contribution in [1.82, 2.24) is 10.3 Å². The van der Waals surface area contributed by atoms with E-state index in [4.69, 9.17) is 5.26 Å². The quantitative estimate of drug-likeness (QED) is 0.898. The molecule has 0 bridgehead atoms. The zero-order chi connectivity index (χ0) is 18.4. The van der Waals surface area contributed by atoms with Crippen molar-refractivity contribution >= 4 is 5.91 Å². The van der Waals surface area contributed by atoms with Crippen LogP contribution in [-0.4, -0.2) is 23.7 Å². The molecule has 0 spiro atoms. The van der Waals surface area contributed by atoms with Crippen molar-refractivity contribution in [1.29, 1.82) is 5.26 Å². The van der Waals surface area contributed by atoms with Crippen LogP contribution in [0.15, 0.2) is 42.6 Å². The third-order valence-corrected chi connectivity index (χ3v) is 3.27. The van der Waals surface area contributed by atoms with Crippen molar-refractivity contribution in [2.24, 2.45) is 0 Å². The molecule has 2 rings (SSSR count). The second-order valence-electron chi connectivity index (χ2n) is 5.22. The Hall–Kier alpha value is -3.08. The van der Waals surface area contributed by atoms with Gasteiger partial charge in [0.15, 0.2) is 6.61 Å². The number of nitrogens with one attached hydrogen (secondary N) is 1. The predicted octanol–water partition coefficient (Wildman–Crippen LogP) is 3.39. The Kier molecular flexibility index (Phi) is 5.60. The molecule has 1 atom stereocenters. The van der Waals surface area contributed by atoms with Crippen LogP contribution in [0.3, 0.4) is 0 Å². The lowest BCUT2D eigenvalue weighted by atomic mass is 10.1. The Morgan fingerprint density at radius 1 is 1.28 bits per heavy atom. The molecule has 0 aliphatic heterocycles. The monoisotopic (exact) mass is 349 g/mol. The number of hydrogen-bond donors (Lipinski definition) is 1. The summed E-state index contributed by atoms with van der Waals surface area (Å²) < 4.78 is 40.7. The normalized spacial score (nSPS) is 12.1. The van der Waals surface area contributed by atoms with E-state index in [1.807, 2.05) is 6.07 Å². The Morgan fingerprint density at radius 2 is 1.96 bits per heavy atom. The number of rotatable bonds is 5. The average Bonchev–Trinajstić information content (AvgIpc) is 2.59. The van der Waals surface area contributed by atoms with Crippen LogP contribution in [-0.2, 0) is 0 Å². The summed E-state index contributed by atoms with van der Waals surface area (Å²) >= 11 is 0. The Balaban J connectivity index is 1.96. The van der Waals surface area contributed by atoms with Gasteiger partial charge in [-0.25, -0.2) is 4.98 Å². The van der Waals surface area contributed by atoms with Gasteiger partial charge in [-0.1, -0.05) is 12.1 Å². The van der Waals surface area contributed by atoms with Gasteiger partial charge >= 0.3 is 6.18 Å². The van der Waals surface area contributed by atoms with Crippen molar-refractivity contribution < 1.29 is 22.7 Å². The molecule has 0 fully saturated rings. The number of benzene rings is 1. The van der Waals surface area contributed by atoms with Gasteiger partial charge in [-0.15, -0.1) is 0 Å². The van der Waals surface area contributed by atoms with Gasteiger partial charge < -0.3 is 10.1 Å². The van der Waals surface area contributed by atoms with Gasteiger partial charge in [-0.05, 0) is 30.7 Å². The summed E-state index contributed by atoms with van der Waals surface area (Å²) in [6, 6.07) is 11.0. The summed E-state index contributed by atoms with van der Waals surface area (Å²) in [5, 5.41) is 11.5. The molecule has 5 nitrogen and oxygen atoms in total. The highest BCUT2D eigenvalue weighted by Gasteiger charge is 2.28. The van der Waals surface area contributed by atoms with Crippen LogP contribution in [0.4, 0.5) is 13.2 Å². The lowest BCUT2D eigenvalue weighted by molar-refractivity contribution is -0.154. The van der Waals surface area contributed by atoms with E-state index in [1.165, 1.54) is 12.1 Å². The van der Waals surface area contributed by atoms with Crippen molar-refractivity contribution in [3.63, 3.8) is 0 Å². The number of carbonyl (C=O) groups is 1. The number of halogens is 3. The van der Waals surface area contributed by atoms with E-state index in [9.17, 15) is 18.0 Å². The number of hydrogen-bond acceptors (Lipinski definition) is 4. The van der Waals surface area contributed by atoms with E-state index in [0.717, 1.165) is 11.8 Å². The largest absolute Gasteiger partial charge is 0.468 e. The molecule has 0 aliphatic carbocycles. The number of amides is 1. The lowest BCUT2D eigenvalue weighted by Crippen LogP contribution is -2.26. The SMILES string of the molecule is CC(NC(=O)c1ccc(OCC(F)(F)F)nc1)c1ccc(C#N)cc1. The van der Waals surface area contributed by atoms with Crippen LogP contribution in [0, 0.1) is 11.3 Å². The summed E-state index contributed by atoms with van der Waals surface area (Å²) in [7, 11) is 0. The van der Waals surface area contributed by atoms with Crippen LogP contribution >= 0.6 is 0 Å². The van der Waals surface area contributed by atoms with Crippen LogP contribution in [0.1, 0.15) is 34.5 Å². The van der Waals surface area contributed by atoms with E-state index in [0.29, 0.717) is 5.56 Å². The fourth-order valence-corrected chi connectivity index (χ4v) is 1.97. The van der Waals surface area contributed by atoms with Gasteiger partial charge in [0, 0.05) is 12.3 Å². The Morgan fingerprint density at radius 3 is 2.48 bits per heavy atom. The topological polar surface area (TPSA) is 75.0 Å². The first-order valence-electron chi connectivity index (χ1n) is 7.25. The van der Waals surface area contributed by atoms with E-state index in [1.54, 1.807) is 31.2 Å². The third-order valence-electron chi connectivity index (χ3n) is 3.27. The Labute approximate surface area is 142 Å². The van der Waals surface area contributed by atoms with E-state index in [2.05, 4.69) is 15.0 Å². The number of nitrogens with zero attached hydrogens (tertiary/aromatic N) is 2. The van der Waals surface area contributed by atoms with Crippen LogP contribution in [0.2, 0.25) is 0 Å². The molecule has 0 saturated carbocycles. The molecule has 0 aliphatic rings. The van der Waals surface area contributed by atoms with Crippen molar-refractivity contribution in [2.75, 3.05) is 6.61 Å². The molecule has 1 aromatic carbocycles. The molecule has 1 aromatic heterocycles. The molecule has 25 heavy (non-hydrogen) atoms. The fourth-order valence-electron chi connectivity index (χ4n) is 1.97. The molecule has 1 amide bonds. The number of carbonyl (C=O) groups excluding carboxylic acids is 1. The smallest absolute Gasteiger partial charge is 0.422 e. The number of pyridine rings is 1. The van der Waals surface area contributed by atoms with Crippen molar-refractivity contribution in [3.8, 4) is 11.9 Å². The zero-order valence-electron chi connectivity index (χ0n) is 13.2. The first-order valence-corrected chi connectivity index (χ1v) is 7.25. The number of nitriles is 1. The van der Waals surface area contributed by atoms with Crippen LogP contribution < -0.4 is 10.1 Å². The Bertz CT molecular complexity index is 766. The van der Waals surface area contributed by atoms with E-state index in [-0.39, 0.29) is 17.5 Å². The minimum Gasteiger partial charge on any atom is -0.468 e. The summed E-state index contributed by atoms with van der Waals surface area (Å²) in [4.78, 5) is 15.8. The average molecular weight is 349 g/mol. The minimum atomic E-state index is -4.45. The van der Waals surface area contributed by atoms with Crippen molar-refractivity contribution in [2.45, 2.75) is 19.1 Å². The molecular weight excluding hydrogens is 335 g/mol. The number of alkyl halides is 3. The highest BCUT2D eigenvalue weighted by Crippen LogP contribution is 2.18. The highest BCUT2D eigenvalue weighted by atomic mass is 19.4. The van der Waals surface area contributed by atoms with Gasteiger partial charge in [0.1, 0.15) is 0 Å². The van der Waals surface area contributed by atoms with Crippen LogP contribution in [0.25, 0.3) is 0 Å². The van der Waals surface area contributed by atoms with Crippen molar-refractivity contribution in [3.05, 3.63) is 59.3 Å². The van der Waals surface area contributed by atoms with E-state index < -0.39 is 18.7 Å². The summed E-state index contributed by atoms with van der Waals surface area (Å²) in [6.45, 7) is 0.328. The van der Waals surface area contributed by atoms with Gasteiger partial charge in [-0.2, -0.15) is 18.4 Å². The summed E-state index contributed by atoms with van der Waals surface area (Å²) in [6.07, 6.45) is -3.30. The summed E-state index contributed by atoms with van der Waals surface area (Å²) in [5.41, 5.74) is 1.52. The lowest BCUT2D eigenvalue weighted by Gasteiger charge is -2.14. The van der Waals surface area contributed by atoms with Crippen LogP contribution in [0.5, 0.6) is 5.88 Å². The molecule has 130 valence electrons. The maximum absolute atomic E-state index is 12.2. The van der Waals surface area contributed by atoms with E-state index >= 15 is 0 Å². The summed E-state index contributed by atoms with van der Waals surface area (Å²) in [5.74, 6) is -0.638. The number of ether oxygens (including phenoxy) is 1. The molecule has 1 N–H and O–H groups in total. The minimum absolute atomic E-state index is 0.194.